The Bertz CT molecular complexity index is 602. The topological polar surface area (TPSA) is 83.8 Å². The first-order valence-electron chi connectivity index (χ1n) is 5.93. The molecule has 0 aliphatic rings. The molecule has 1 amide bonds. The van der Waals surface area contributed by atoms with E-state index >= 15 is 0 Å². The summed E-state index contributed by atoms with van der Waals surface area (Å²) in [7, 11) is 0. The monoisotopic (exact) mass is 322 g/mol. The van der Waals surface area contributed by atoms with Gasteiger partial charge in [0.15, 0.2) is 5.82 Å². The molecule has 19 heavy (non-hydrogen) atoms. The second-order valence-corrected chi connectivity index (χ2v) is 5.13. The van der Waals surface area contributed by atoms with Crippen LogP contribution in [0.4, 0.5) is 11.5 Å². The molecule has 0 saturated heterocycles. The van der Waals surface area contributed by atoms with Crippen molar-refractivity contribution >= 4 is 33.3 Å². The Kier molecular flexibility index (Phi) is 3.90. The minimum atomic E-state index is -0.249. The van der Waals surface area contributed by atoms with Gasteiger partial charge in [0.05, 0.1) is 0 Å². The molecular formula is C13H15BrN4O. The van der Waals surface area contributed by atoms with E-state index in [9.17, 15) is 4.79 Å². The fraction of sp³-hybridized carbons (Fsp3) is 0.231. The lowest BCUT2D eigenvalue weighted by Gasteiger charge is -2.10. The van der Waals surface area contributed by atoms with Crippen molar-refractivity contribution in [3.05, 3.63) is 39.5 Å². The van der Waals surface area contributed by atoms with Crippen LogP contribution in [0.2, 0.25) is 0 Å². The molecule has 6 heteroatoms. The van der Waals surface area contributed by atoms with Gasteiger partial charge in [-0.1, -0.05) is 22.9 Å². The number of aromatic nitrogens is 2. The van der Waals surface area contributed by atoms with Crippen LogP contribution >= 0.6 is 15.9 Å². The van der Waals surface area contributed by atoms with E-state index < -0.39 is 0 Å². The summed E-state index contributed by atoms with van der Waals surface area (Å²) < 4.78 is 0.987. The number of carbonyl (C=O) groups excluding carboxylic acids is 1. The lowest BCUT2D eigenvalue weighted by Crippen LogP contribution is -2.15. The van der Waals surface area contributed by atoms with Gasteiger partial charge in [0, 0.05) is 15.9 Å². The van der Waals surface area contributed by atoms with Crippen LogP contribution in [0.5, 0.6) is 0 Å². The Balaban J connectivity index is 2.29. The molecule has 0 saturated carbocycles. The maximum Gasteiger partial charge on any atom is 0.261 e. The van der Waals surface area contributed by atoms with Gasteiger partial charge in [-0.3, -0.25) is 9.89 Å². The second-order valence-electron chi connectivity index (χ2n) is 4.22. The number of nitrogens with one attached hydrogen (secondary N) is 2. The largest absolute Gasteiger partial charge is 0.382 e. The average Bonchev–Trinajstić information content (AvgIpc) is 2.71. The van der Waals surface area contributed by atoms with Gasteiger partial charge >= 0.3 is 0 Å². The molecule has 0 radical (unpaired) electrons. The molecule has 5 nitrogen and oxygen atoms in total. The molecule has 0 aliphatic heterocycles. The van der Waals surface area contributed by atoms with Crippen molar-refractivity contribution in [1.29, 1.82) is 0 Å². The van der Waals surface area contributed by atoms with Gasteiger partial charge in [0.25, 0.3) is 5.91 Å². The molecule has 1 heterocycles. The highest BCUT2D eigenvalue weighted by Gasteiger charge is 2.17. The molecule has 2 rings (SSSR count). The molecular weight excluding hydrogens is 308 g/mol. The van der Waals surface area contributed by atoms with Crippen LogP contribution < -0.4 is 11.1 Å². The van der Waals surface area contributed by atoms with Crippen LogP contribution in [0.3, 0.4) is 0 Å². The molecule has 0 aliphatic carbocycles. The van der Waals surface area contributed by atoms with Crippen LogP contribution in [0.15, 0.2) is 22.7 Å². The van der Waals surface area contributed by atoms with E-state index in [2.05, 4.69) is 31.4 Å². The van der Waals surface area contributed by atoms with E-state index in [1.807, 2.05) is 25.1 Å². The number of hydrogen-bond donors (Lipinski definition) is 3. The van der Waals surface area contributed by atoms with Crippen molar-refractivity contribution in [1.82, 2.24) is 10.2 Å². The van der Waals surface area contributed by atoms with Gasteiger partial charge in [-0.05, 0) is 37.1 Å². The van der Waals surface area contributed by atoms with Gasteiger partial charge in [-0.2, -0.15) is 5.10 Å². The second kappa shape index (κ2) is 5.44. The minimum absolute atomic E-state index is 0.213. The molecule has 1 aromatic carbocycles. The summed E-state index contributed by atoms with van der Waals surface area (Å²) in [5.41, 5.74) is 8.58. The van der Waals surface area contributed by atoms with Crippen LogP contribution in [0.1, 0.15) is 28.5 Å². The van der Waals surface area contributed by atoms with Gasteiger partial charge < -0.3 is 11.1 Å². The Labute approximate surface area is 119 Å². The SMILES string of the molecule is CCc1cc(Br)ccc1NC(=O)c1c(N)n[nH]c1C. The normalized spacial score (nSPS) is 10.5. The number of nitrogen functional groups attached to an aromatic ring is 1. The van der Waals surface area contributed by atoms with E-state index in [0.29, 0.717) is 11.3 Å². The van der Waals surface area contributed by atoms with Crippen LogP contribution in [0.25, 0.3) is 0 Å². The molecule has 2 aromatic rings. The number of anilines is 2. The minimum Gasteiger partial charge on any atom is -0.382 e. The summed E-state index contributed by atoms with van der Waals surface area (Å²) in [5, 5.41) is 9.39. The van der Waals surface area contributed by atoms with Crippen molar-refractivity contribution < 1.29 is 4.79 Å². The number of rotatable bonds is 3. The highest BCUT2D eigenvalue weighted by Crippen LogP contribution is 2.23. The van der Waals surface area contributed by atoms with Crippen molar-refractivity contribution in [2.24, 2.45) is 0 Å². The van der Waals surface area contributed by atoms with E-state index in [4.69, 9.17) is 5.73 Å². The lowest BCUT2D eigenvalue weighted by atomic mass is 10.1. The molecule has 100 valence electrons. The number of H-pyrrole nitrogens is 1. The Morgan fingerprint density at radius 1 is 1.53 bits per heavy atom. The quantitative estimate of drug-likeness (QED) is 0.812. The maximum absolute atomic E-state index is 12.2. The van der Waals surface area contributed by atoms with Crippen molar-refractivity contribution in [3.63, 3.8) is 0 Å². The van der Waals surface area contributed by atoms with Crippen molar-refractivity contribution in [2.75, 3.05) is 11.1 Å². The molecule has 0 fully saturated rings. The lowest BCUT2D eigenvalue weighted by molar-refractivity contribution is 0.102. The van der Waals surface area contributed by atoms with E-state index in [1.165, 1.54) is 0 Å². The first-order valence-corrected chi connectivity index (χ1v) is 6.72. The highest BCUT2D eigenvalue weighted by molar-refractivity contribution is 9.10. The first-order chi connectivity index (χ1) is 9.02. The van der Waals surface area contributed by atoms with E-state index in [-0.39, 0.29) is 11.7 Å². The number of nitrogens with zero attached hydrogens (tertiary/aromatic N) is 1. The molecule has 0 unspecified atom stereocenters. The molecule has 0 bridgehead atoms. The number of amides is 1. The zero-order chi connectivity index (χ0) is 14.0. The number of halogens is 1. The standard InChI is InChI=1S/C13H15BrN4O/c1-3-8-6-9(14)4-5-10(8)16-13(19)11-7(2)17-18-12(11)15/h4-6H,3H2,1-2H3,(H,16,19)(H3,15,17,18). The number of hydrogen-bond acceptors (Lipinski definition) is 3. The number of benzene rings is 1. The molecule has 0 spiro atoms. The summed E-state index contributed by atoms with van der Waals surface area (Å²) in [6.45, 7) is 3.80. The average molecular weight is 323 g/mol. The zero-order valence-electron chi connectivity index (χ0n) is 10.7. The first kappa shape index (κ1) is 13.6. The third-order valence-electron chi connectivity index (χ3n) is 2.90. The van der Waals surface area contributed by atoms with Gasteiger partial charge in [-0.25, -0.2) is 0 Å². The number of aromatic amines is 1. The third kappa shape index (κ3) is 2.78. The third-order valence-corrected chi connectivity index (χ3v) is 3.39. The fourth-order valence-corrected chi connectivity index (χ4v) is 2.30. The van der Waals surface area contributed by atoms with Crippen LogP contribution in [0, 0.1) is 6.92 Å². The smallest absolute Gasteiger partial charge is 0.261 e. The Hall–Kier alpha value is -1.82. The number of aryl methyl sites for hydroxylation is 2. The van der Waals surface area contributed by atoms with Gasteiger partial charge in [-0.15, -0.1) is 0 Å². The van der Waals surface area contributed by atoms with Gasteiger partial charge in [0.2, 0.25) is 0 Å². The van der Waals surface area contributed by atoms with Crippen LogP contribution in [-0.2, 0) is 6.42 Å². The predicted octanol–water partition coefficient (Wildman–Crippen LogP) is 2.88. The summed E-state index contributed by atoms with van der Waals surface area (Å²) in [4.78, 5) is 12.2. The maximum atomic E-state index is 12.2. The summed E-state index contributed by atoms with van der Waals surface area (Å²) in [6, 6.07) is 5.74. The fourth-order valence-electron chi connectivity index (χ4n) is 1.90. The Morgan fingerprint density at radius 3 is 2.84 bits per heavy atom. The zero-order valence-corrected chi connectivity index (χ0v) is 12.3. The predicted molar refractivity (Wildman–Crippen MR) is 79.2 cm³/mol. The highest BCUT2D eigenvalue weighted by atomic mass is 79.9. The number of nitrogens with two attached hydrogens (primary N) is 1. The van der Waals surface area contributed by atoms with Crippen molar-refractivity contribution in [3.8, 4) is 0 Å². The molecule has 0 atom stereocenters. The summed E-state index contributed by atoms with van der Waals surface area (Å²) in [6.07, 6.45) is 0.828. The van der Waals surface area contributed by atoms with Gasteiger partial charge in [0.1, 0.15) is 5.56 Å². The molecule has 4 N–H and O–H groups in total. The van der Waals surface area contributed by atoms with Crippen molar-refractivity contribution in [2.45, 2.75) is 20.3 Å². The van der Waals surface area contributed by atoms with Crippen LogP contribution in [-0.4, -0.2) is 16.1 Å². The van der Waals surface area contributed by atoms with E-state index in [1.54, 1.807) is 6.92 Å². The number of carbonyl (C=O) groups is 1. The van der Waals surface area contributed by atoms with E-state index in [0.717, 1.165) is 22.1 Å². The Morgan fingerprint density at radius 2 is 2.26 bits per heavy atom. The molecule has 1 aromatic heterocycles. The summed E-state index contributed by atoms with van der Waals surface area (Å²) >= 11 is 3.42. The summed E-state index contributed by atoms with van der Waals surface area (Å²) in [5.74, 6) is -0.0362.